The third kappa shape index (κ3) is 3.46. The molecule has 18 heavy (non-hydrogen) atoms. The SMILES string of the molecule is CC(NCCS(C)=O)c1ccc2c(c1)OCCO2. The lowest BCUT2D eigenvalue weighted by Crippen LogP contribution is -2.24. The summed E-state index contributed by atoms with van der Waals surface area (Å²) in [5.41, 5.74) is 1.15. The van der Waals surface area contributed by atoms with E-state index in [0.29, 0.717) is 19.0 Å². The summed E-state index contributed by atoms with van der Waals surface area (Å²) in [6.07, 6.45) is 1.72. The largest absolute Gasteiger partial charge is 0.486 e. The van der Waals surface area contributed by atoms with Gasteiger partial charge in [-0.15, -0.1) is 0 Å². The van der Waals surface area contributed by atoms with Gasteiger partial charge in [0.05, 0.1) is 0 Å². The van der Waals surface area contributed by atoms with E-state index in [1.807, 2.05) is 18.2 Å². The number of fused-ring (bicyclic) bond motifs is 1. The number of hydrogen-bond acceptors (Lipinski definition) is 4. The molecular weight excluding hydrogens is 250 g/mol. The second kappa shape index (κ2) is 6.20. The Hall–Kier alpha value is -1.07. The predicted octanol–water partition coefficient (Wildman–Crippen LogP) is 1.49. The maximum atomic E-state index is 11.0. The van der Waals surface area contributed by atoms with E-state index in [4.69, 9.17) is 9.47 Å². The Morgan fingerprint density at radius 1 is 1.33 bits per heavy atom. The molecule has 0 aliphatic carbocycles. The Balaban J connectivity index is 1.97. The van der Waals surface area contributed by atoms with Gasteiger partial charge in [-0.25, -0.2) is 0 Å². The van der Waals surface area contributed by atoms with E-state index in [-0.39, 0.29) is 6.04 Å². The fourth-order valence-corrected chi connectivity index (χ4v) is 2.27. The average molecular weight is 269 g/mol. The van der Waals surface area contributed by atoms with Crippen LogP contribution in [0.1, 0.15) is 18.5 Å². The first kappa shape index (κ1) is 13.4. The van der Waals surface area contributed by atoms with Gasteiger partial charge in [-0.2, -0.15) is 0 Å². The highest BCUT2D eigenvalue weighted by Crippen LogP contribution is 2.32. The molecule has 1 N–H and O–H groups in total. The third-order valence-corrected chi connectivity index (χ3v) is 3.69. The maximum absolute atomic E-state index is 11.0. The van der Waals surface area contributed by atoms with Crippen LogP contribution in [0.4, 0.5) is 0 Å². The molecular formula is C13H19NO3S. The quantitative estimate of drug-likeness (QED) is 0.880. The summed E-state index contributed by atoms with van der Waals surface area (Å²) in [4.78, 5) is 0. The molecule has 1 heterocycles. The lowest BCUT2D eigenvalue weighted by molar-refractivity contribution is 0.171. The molecule has 0 saturated carbocycles. The Morgan fingerprint density at radius 2 is 2.06 bits per heavy atom. The summed E-state index contributed by atoms with van der Waals surface area (Å²) in [7, 11) is -0.748. The fraction of sp³-hybridized carbons (Fsp3) is 0.538. The lowest BCUT2D eigenvalue weighted by Gasteiger charge is -2.21. The standard InChI is InChI=1S/C13H19NO3S/c1-10(14-5-8-18(2)15)11-3-4-12-13(9-11)17-7-6-16-12/h3-4,9-10,14H,5-8H2,1-2H3. The molecule has 0 fully saturated rings. The number of hydrogen-bond donors (Lipinski definition) is 1. The highest BCUT2D eigenvalue weighted by Gasteiger charge is 2.14. The van der Waals surface area contributed by atoms with Crippen molar-refractivity contribution in [2.45, 2.75) is 13.0 Å². The Kier molecular flexibility index (Phi) is 4.60. The molecule has 0 aromatic heterocycles. The van der Waals surface area contributed by atoms with Crippen molar-refractivity contribution < 1.29 is 13.7 Å². The van der Waals surface area contributed by atoms with Crippen molar-refractivity contribution in [3.8, 4) is 11.5 Å². The van der Waals surface area contributed by atoms with Crippen LogP contribution in [-0.2, 0) is 10.8 Å². The van der Waals surface area contributed by atoms with Crippen molar-refractivity contribution in [1.29, 1.82) is 0 Å². The number of rotatable bonds is 5. The number of benzene rings is 1. The van der Waals surface area contributed by atoms with Gasteiger partial charge in [0.1, 0.15) is 13.2 Å². The minimum Gasteiger partial charge on any atom is -0.486 e. The highest BCUT2D eigenvalue weighted by molar-refractivity contribution is 7.84. The van der Waals surface area contributed by atoms with Gasteiger partial charge in [-0.1, -0.05) is 6.07 Å². The zero-order valence-corrected chi connectivity index (χ0v) is 11.6. The molecule has 0 amide bonds. The van der Waals surface area contributed by atoms with E-state index in [9.17, 15) is 4.21 Å². The number of ether oxygens (including phenoxy) is 2. The second-order valence-corrected chi connectivity index (χ2v) is 5.91. The number of nitrogens with one attached hydrogen (secondary N) is 1. The topological polar surface area (TPSA) is 47.6 Å². The van der Waals surface area contributed by atoms with Crippen LogP contribution in [0, 0.1) is 0 Å². The molecule has 1 aromatic rings. The van der Waals surface area contributed by atoms with Crippen molar-refractivity contribution in [2.75, 3.05) is 31.8 Å². The first-order valence-electron chi connectivity index (χ1n) is 6.10. The molecule has 2 unspecified atom stereocenters. The zero-order chi connectivity index (χ0) is 13.0. The summed E-state index contributed by atoms with van der Waals surface area (Å²) in [5.74, 6) is 2.30. The van der Waals surface area contributed by atoms with Gasteiger partial charge in [0, 0.05) is 35.4 Å². The first-order valence-corrected chi connectivity index (χ1v) is 7.82. The van der Waals surface area contributed by atoms with Gasteiger partial charge in [-0.05, 0) is 24.6 Å². The van der Waals surface area contributed by atoms with Crippen LogP contribution in [0.2, 0.25) is 0 Å². The molecule has 5 heteroatoms. The summed E-state index contributed by atoms with van der Waals surface area (Å²) < 4.78 is 22.0. The fourth-order valence-electron chi connectivity index (χ4n) is 1.87. The van der Waals surface area contributed by atoms with Crippen LogP contribution < -0.4 is 14.8 Å². The highest BCUT2D eigenvalue weighted by atomic mass is 32.2. The van der Waals surface area contributed by atoms with Crippen molar-refractivity contribution in [3.63, 3.8) is 0 Å². The minimum atomic E-state index is -0.748. The smallest absolute Gasteiger partial charge is 0.161 e. The molecule has 1 aromatic carbocycles. The molecule has 2 atom stereocenters. The van der Waals surface area contributed by atoms with E-state index in [0.717, 1.165) is 23.6 Å². The summed E-state index contributed by atoms with van der Waals surface area (Å²) >= 11 is 0. The minimum absolute atomic E-state index is 0.212. The predicted molar refractivity (Wildman–Crippen MR) is 72.8 cm³/mol. The van der Waals surface area contributed by atoms with Gasteiger partial charge >= 0.3 is 0 Å². The molecule has 4 nitrogen and oxygen atoms in total. The third-order valence-electron chi connectivity index (χ3n) is 2.91. The van der Waals surface area contributed by atoms with Crippen molar-refractivity contribution in [1.82, 2.24) is 5.32 Å². The van der Waals surface area contributed by atoms with Gasteiger partial charge in [-0.3, -0.25) is 4.21 Å². The van der Waals surface area contributed by atoms with E-state index in [2.05, 4.69) is 12.2 Å². The van der Waals surface area contributed by atoms with Crippen molar-refractivity contribution >= 4 is 10.8 Å². The Morgan fingerprint density at radius 3 is 2.78 bits per heavy atom. The summed E-state index contributed by atoms with van der Waals surface area (Å²) in [6, 6.07) is 6.20. The van der Waals surface area contributed by atoms with Crippen LogP contribution in [-0.4, -0.2) is 36.0 Å². The second-order valence-electron chi connectivity index (χ2n) is 4.36. The summed E-state index contributed by atoms with van der Waals surface area (Å²) in [6.45, 7) is 4.05. The molecule has 0 radical (unpaired) electrons. The van der Waals surface area contributed by atoms with Crippen molar-refractivity contribution in [2.24, 2.45) is 0 Å². The molecule has 0 spiro atoms. The first-order chi connectivity index (χ1) is 8.66. The molecule has 0 bridgehead atoms. The van der Waals surface area contributed by atoms with Gasteiger partial charge in [0.2, 0.25) is 0 Å². The van der Waals surface area contributed by atoms with Crippen LogP contribution in [0.15, 0.2) is 18.2 Å². The van der Waals surface area contributed by atoms with E-state index >= 15 is 0 Å². The maximum Gasteiger partial charge on any atom is 0.161 e. The van der Waals surface area contributed by atoms with E-state index < -0.39 is 10.8 Å². The molecule has 2 rings (SSSR count). The molecule has 1 aliphatic heterocycles. The summed E-state index contributed by atoms with van der Waals surface area (Å²) in [5, 5.41) is 3.35. The molecule has 1 aliphatic rings. The molecule has 0 saturated heterocycles. The Bertz CT molecular complexity index is 436. The average Bonchev–Trinajstić information content (AvgIpc) is 2.37. The zero-order valence-electron chi connectivity index (χ0n) is 10.8. The van der Waals surface area contributed by atoms with Gasteiger partial charge < -0.3 is 14.8 Å². The van der Waals surface area contributed by atoms with Gasteiger partial charge in [0.25, 0.3) is 0 Å². The van der Waals surface area contributed by atoms with E-state index in [1.165, 1.54) is 0 Å². The Labute approximate surface area is 110 Å². The van der Waals surface area contributed by atoms with Crippen LogP contribution >= 0.6 is 0 Å². The van der Waals surface area contributed by atoms with E-state index in [1.54, 1.807) is 6.26 Å². The molecule has 100 valence electrons. The lowest BCUT2D eigenvalue weighted by atomic mass is 10.1. The van der Waals surface area contributed by atoms with Crippen LogP contribution in [0.5, 0.6) is 11.5 Å². The van der Waals surface area contributed by atoms with Gasteiger partial charge in [0.15, 0.2) is 11.5 Å². The normalized spacial score (nSPS) is 17.2. The van der Waals surface area contributed by atoms with Crippen molar-refractivity contribution in [3.05, 3.63) is 23.8 Å². The van der Waals surface area contributed by atoms with Crippen LogP contribution in [0.25, 0.3) is 0 Å². The van der Waals surface area contributed by atoms with Crippen LogP contribution in [0.3, 0.4) is 0 Å². The monoisotopic (exact) mass is 269 g/mol.